The number of nitrogens with two attached hydrogens (primary N) is 1. The van der Waals surface area contributed by atoms with E-state index in [9.17, 15) is 4.79 Å². The summed E-state index contributed by atoms with van der Waals surface area (Å²) in [5.74, 6) is 4.76. The molecule has 1 aromatic heterocycles. The second-order valence-corrected chi connectivity index (χ2v) is 4.34. The van der Waals surface area contributed by atoms with Gasteiger partial charge in [-0.2, -0.15) is 5.10 Å². The van der Waals surface area contributed by atoms with Crippen molar-refractivity contribution in [3.63, 3.8) is 0 Å². The molecule has 0 unspecified atom stereocenters. The predicted molar refractivity (Wildman–Crippen MR) is 67.1 cm³/mol. The molecule has 0 aliphatic heterocycles. The number of rotatable bonds is 3. The van der Waals surface area contributed by atoms with Crippen LogP contribution in [0, 0.1) is 0 Å². The average Bonchev–Trinajstić information content (AvgIpc) is 2.83. The molecule has 1 amide bonds. The van der Waals surface area contributed by atoms with Crippen LogP contribution >= 0.6 is 15.9 Å². The standard InChI is InChI=1S/C11H11BrN4O/c12-10-6-8(11(17)15-13)2-3-9(10)7-16-5-1-4-14-16/h1-6H,7,13H2,(H,15,17). The summed E-state index contributed by atoms with van der Waals surface area (Å²) >= 11 is 3.43. The molecule has 6 heteroatoms. The highest BCUT2D eigenvalue weighted by Crippen LogP contribution is 2.19. The monoisotopic (exact) mass is 294 g/mol. The molecule has 0 saturated carbocycles. The van der Waals surface area contributed by atoms with Gasteiger partial charge in [0, 0.05) is 22.4 Å². The van der Waals surface area contributed by atoms with E-state index in [0.717, 1.165) is 10.0 Å². The number of amides is 1. The lowest BCUT2D eigenvalue weighted by Crippen LogP contribution is -2.29. The fourth-order valence-corrected chi connectivity index (χ4v) is 1.97. The Kier molecular flexibility index (Phi) is 3.55. The van der Waals surface area contributed by atoms with Crippen molar-refractivity contribution >= 4 is 21.8 Å². The molecule has 0 saturated heterocycles. The Balaban J connectivity index is 2.23. The van der Waals surface area contributed by atoms with Crippen LogP contribution in [-0.4, -0.2) is 15.7 Å². The van der Waals surface area contributed by atoms with E-state index in [1.54, 1.807) is 18.3 Å². The lowest BCUT2D eigenvalue weighted by atomic mass is 10.1. The van der Waals surface area contributed by atoms with E-state index in [0.29, 0.717) is 12.1 Å². The van der Waals surface area contributed by atoms with Gasteiger partial charge in [-0.05, 0) is 23.8 Å². The number of carbonyl (C=O) groups excluding carboxylic acids is 1. The average molecular weight is 295 g/mol. The van der Waals surface area contributed by atoms with Crippen LogP contribution in [0.1, 0.15) is 15.9 Å². The van der Waals surface area contributed by atoms with Crippen LogP contribution in [-0.2, 0) is 6.54 Å². The SMILES string of the molecule is NNC(=O)c1ccc(Cn2cccn2)c(Br)c1. The highest BCUT2D eigenvalue weighted by atomic mass is 79.9. The van der Waals surface area contributed by atoms with Crippen LogP contribution in [0.25, 0.3) is 0 Å². The van der Waals surface area contributed by atoms with Gasteiger partial charge in [0.1, 0.15) is 0 Å². The number of benzene rings is 1. The minimum Gasteiger partial charge on any atom is -0.290 e. The maximum Gasteiger partial charge on any atom is 0.265 e. The summed E-state index contributed by atoms with van der Waals surface area (Å²) in [4.78, 5) is 11.3. The maximum absolute atomic E-state index is 11.3. The lowest BCUT2D eigenvalue weighted by molar-refractivity contribution is 0.0953. The van der Waals surface area contributed by atoms with Gasteiger partial charge in [-0.15, -0.1) is 0 Å². The van der Waals surface area contributed by atoms with Crippen LogP contribution in [0.4, 0.5) is 0 Å². The zero-order valence-electron chi connectivity index (χ0n) is 8.93. The third-order valence-corrected chi connectivity index (χ3v) is 3.08. The zero-order chi connectivity index (χ0) is 12.3. The van der Waals surface area contributed by atoms with E-state index in [1.165, 1.54) is 0 Å². The minimum absolute atomic E-state index is 0.309. The number of halogens is 1. The molecule has 2 aromatic rings. The lowest BCUT2D eigenvalue weighted by Gasteiger charge is -2.07. The van der Waals surface area contributed by atoms with Crippen molar-refractivity contribution in [2.75, 3.05) is 0 Å². The second-order valence-electron chi connectivity index (χ2n) is 3.48. The number of nitrogens with zero attached hydrogens (tertiary/aromatic N) is 2. The molecule has 0 spiro atoms. The van der Waals surface area contributed by atoms with E-state index in [-0.39, 0.29) is 5.91 Å². The molecule has 0 fully saturated rings. The van der Waals surface area contributed by atoms with Crippen LogP contribution in [0.5, 0.6) is 0 Å². The summed E-state index contributed by atoms with van der Waals surface area (Å²) in [5, 5.41) is 4.12. The first kappa shape index (κ1) is 11.8. The quantitative estimate of drug-likeness (QED) is 0.509. The Labute approximate surface area is 107 Å². The molecular weight excluding hydrogens is 284 g/mol. The Hall–Kier alpha value is -1.66. The first-order valence-electron chi connectivity index (χ1n) is 4.97. The van der Waals surface area contributed by atoms with Gasteiger partial charge in [0.2, 0.25) is 0 Å². The number of carbonyl (C=O) groups is 1. The van der Waals surface area contributed by atoms with Crippen molar-refractivity contribution in [3.8, 4) is 0 Å². The zero-order valence-corrected chi connectivity index (χ0v) is 10.5. The van der Waals surface area contributed by atoms with Gasteiger partial charge in [-0.1, -0.05) is 22.0 Å². The summed E-state index contributed by atoms with van der Waals surface area (Å²) in [5.41, 5.74) is 3.66. The van der Waals surface area contributed by atoms with Crippen molar-refractivity contribution < 1.29 is 4.79 Å². The van der Waals surface area contributed by atoms with Crippen LogP contribution in [0.3, 0.4) is 0 Å². The highest BCUT2D eigenvalue weighted by molar-refractivity contribution is 9.10. The molecule has 0 radical (unpaired) electrons. The molecule has 0 bridgehead atoms. The van der Waals surface area contributed by atoms with Crippen LogP contribution < -0.4 is 11.3 Å². The van der Waals surface area contributed by atoms with Crippen LogP contribution in [0.2, 0.25) is 0 Å². The van der Waals surface area contributed by atoms with E-state index >= 15 is 0 Å². The van der Waals surface area contributed by atoms with E-state index < -0.39 is 0 Å². The van der Waals surface area contributed by atoms with Crippen molar-refractivity contribution in [1.82, 2.24) is 15.2 Å². The topological polar surface area (TPSA) is 72.9 Å². The Morgan fingerprint density at radius 3 is 2.94 bits per heavy atom. The number of hydrazine groups is 1. The number of nitrogen functional groups attached to an aromatic ring is 1. The molecule has 17 heavy (non-hydrogen) atoms. The molecule has 5 nitrogen and oxygen atoms in total. The molecule has 88 valence electrons. The van der Waals surface area contributed by atoms with Gasteiger partial charge in [-0.25, -0.2) is 5.84 Å². The number of hydrogen-bond donors (Lipinski definition) is 2. The van der Waals surface area contributed by atoms with Gasteiger partial charge < -0.3 is 0 Å². The molecule has 0 aliphatic carbocycles. The first-order chi connectivity index (χ1) is 8.20. The summed E-state index contributed by atoms with van der Waals surface area (Å²) in [6, 6.07) is 7.20. The smallest absolute Gasteiger partial charge is 0.265 e. The third kappa shape index (κ3) is 2.72. The van der Waals surface area contributed by atoms with Crippen molar-refractivity contribution in [3.05, 3.63) is 52.3 Å². The maximum atomic E-state index is 11.3. The largest absolute Gasteiger partial charge is 0.290 e. The molecule has 0 atom stereocenters. The Morgan fingerprint density at radius 1 is 1.53 bits per heavy atom. The minimum atomic E-state index is -0.309. The van der Waals surface area contributed by atoms with E-state index in [4.69, 9.17) is 5.84 Å². The Morgan fingerprint density at radius 2 is 2.35 bits per heavy atom. The molecule has 3 N–H and O–H groups in total. The van der Waals surface area contributed by atoms with Gasteiger partial charge in [0.05, 0.1) is 6.54 Å². The predicted octanol–water partition coefficient (Wildman–Crippen LogP) is 1.30. The van der Waals surface area contributed by atoms with Crippen molar-refractivity contribution in [2.24, 2.45) is 5.84 Å². The van der Waals surface area contributed by atoms with Crippen molar-refractivity contribution in [2.45, 2.75) is 6.54 Å². The molecule has 0 aliphatic rings. The molecule has 1 aromatic carbocycles. The summed E-state index contributed by atoms with van der Waals surface area (Å²) in [6.07, 6.45) is 3.61. The van der Waals surface area contributed by atoms with Gasteiger partial charge in [-0.3, -0.25) is 14.9 Å². The normalized spacial score (nSPS) is 10.2. The molecular formula is C11H11BrN4O. The fraction of sp³-hybridized carbons (Fsp3) is 0.0909. The number of hydrogen-bond acceptors (Lipinski definition) is 3. The van der Waals surface area contributed by atoms with Gasteiger partial charge >= 0.3 is 0 Å². The summed E-state index contributed by atoms with van der Waals surface area (Å²) < 4.78 is 2.66. The van der Waals surface area contributed by atoms with E-state index in [2.05, 4.69) is 26.5 Å². The number of aromatic nitrogens is 2. The van der Waals surface area contributed by atoms with E-state index in [1.807, 2.05) is 23.0 Å². The molecule has 2 rings (SSSR count). The molecule has 1 heterocycles. The fourth-order valence-electron chi connectivity index (χ4n) is 1.47. The third-order valence-electron chi connectivity index (χ3n) is 2.34. The number of nitrogens with one attached hydrogen (secondary N) is 1. The van der Waals surface area contributed by atoms with Crippen LogP contribution in [0.15, 0.2) is 41.1 Å². The van der Waals surface area contributed by atoms with Gasteiger partial charge in [0.25, 0.3) is 5.91 Å². The van der Waals surface area contributed by atoms with Crippen molar-refractivity contribution in [1.29, 1.82) is 0 Å². The second kappa shape index (κ2) is 5.11. The summed E-state index contributed by atoms with van der Waals surface area (Å²) in [6.45, 7) is 0.651. The van der Waals surface area contributed by atoms with Gasteiger partial charge in [0.15, 0.2) is 0 Å². The summed E-state index contributed by atoms with van der Waals surface area (Å²) in [7, 11) is 0. The first-order valence-corrected chi connectivity index (χ1v) is 5.77. The Bertz CT molecular complexity index is 524. The highest BCUT2D eigenvalue weighted by Gasteiger charge is 2.07.